The van der Waals surface area contributed by atoms with E-state index in [1.165, 1.54) is 44.5 Å². The number of nitrogens with one attached hydrogen (secondary N) is 1. The quantitative estimate of drug-likeness (QED) is 0.893. The fourth-order valence-corrected chi connectivity index (χ4v) is 3.64. The molecule has 0 aromatic carbocycles. The zero-order valence-corrected chi connectivity index (χ0v) is 11.0. The van der Waals surface area contributed by atoms with Gasteiger partial charge in [0.1, 0.15) is 5.69 Å². The largest absolute Gasteiger partial charge is 0.302 e. The number of hydrogen-bond acceptors (Lipinski definition) is 3. The van der Waals surface area contributed by atoms with Crippen LogP contribution < -0.4 is 0 Å². The van der Waals surface area contributed by atoms with Crippen LogP contribution in [0.1, 0.15) is 24.8 Å². The average Bonchev–Trinajstić information content (AvgIpc) is 3.09. The van der Waals surface area contributed by atoms with Gasteiger partial charge in [0.05, 0.1) is 5.69 Å². The smallest absolute Gasteiger partial charge is 0.110 e. The highest BCUT2D eigenvalue weighted by Gasteiger charge is 2.42. The number of piperidine rings is 1. The Balaban J connectivity index is 1.66. The predicted octanol–water partition coefficient (Wildman–Crippen LogP) is 2.21. The first-order valence-electron chi connectivity index (χ1n) is 7.05. The molecule has 2 aliphatic heterocycles. The topological polar surface area (TPSA) is 44.8 Å². The molecule has 2 aromatic heterocycles. The Bertz CT molecular complexity index is 556. The van der Waals surface area contributed by atoms with Crippen LogP contribution in [0.15, 0.2) is 30.6 Å². The molecule has 98 valence electrons. The summed E-state index contributed by atoms with van der Waals surface area (Å²) in [6, 6.07) is 6.32. The van der Waals surface area contributed by atoms with Crippen LogP contribution in [0.3, 0.4) is 0 Å². The Hall–Kier alpha value is -1.68. The van der Waals surface area contributed by atoms with Crippen LogP contribution >= 0.6 is 0 Å². The maximum absolute atomic E-state index is 4.61. The van der Waals surface area contributed by atoms with Crippen molar-refractivity contribution in [3.05, 3.63) is 36.2 Å². The number of rotatable bonds is 2. The van der Waals surface area contributed by atoms with E-state index in [-0.39, 0.29) is 0 Å². The zero-order chi connectivity index (χ0) is 12.7. The first-order chi connectivity index (χ1) is 9.36. The lowest BCUT2D eigenvalue weighted by atomic mass is 9.75. The second-order valence-corrected chi connectivity index (χ2v) is 5.80. The van der Waals surface area contributed by atoms with Gasteiger partial charge in [-0.1, -0.05) is 6.07 Å². The third kappa shape index (κ3) is 1.78. The van der Waals surface area contributed by atoms with E-state index in [1.54, 1.807) is 0 Å². The highest BCUT2D eigenvalue weighted by atomic mass is 15.2. The first kappa shape index (κ1) is 11.2. The molecule has 0 radical (unpaired) electrons. The van der Waals surface area contributed by atoms with Gasteiger partial charge in [0.2, 0.25) is 0 Å². The van der Waals surface area contributed by atoms with Crippen molar-refractivity contribution >= 4 is 0 Å². The molecule has 2 bridgehead atoms. The maximum Gasteiger partial charge on any atom is 0.110 e. The highest BCUT2D eigenvalue weighted by Crippen LogP contribution is 2.41. The summed E-state index contributed by atoms with van der Waals surface area (Å²) in [6.45, 7) is 3.75. The van der Waals surface area contributed by atoms with Crippen molar-refractivity contribution in [1.29, 1.82) is 0 Å². The molecule has 2 unspecified atom stereocenters. The van der Waals surface area contributed by atoms with Crippen LogP contribution in [0.5, 0.6) is 0 Å². The molecule has 2 fully saturated rings. The normalized spacial score (nSPS) is 29.6. The van der Waals surface area contributed by atoms with E-state index in [0.29, 0.717) is 5.41 Å². The lowest BCUT2D eigenvalue weighted by molar-refractivity contribution is 0.243. The van der Waals surface area contributed by atoms with Crippen molar-refractivity contribution in [3.8, 4) is 11.4 Å². The van der Waals surface area contributed by atoms with Crippen LogP contribution in [0, 0.1) is 0 Å². The van der Waals surface area contributed by atoms with Crippen molar-refractivity contribution in [2.75, 3.05) is 19.6 Å². The Labute approximate surface area is 112 Å². The van der Waals surface area contributed by atoms with Crippen molar-refractivity contribution in [3.63, 3.8) is 0 Å². The summed E-state index contributed by atoms with van der Waals surface area (Å²) in [5.74, 6) is 0. The summed E-state index contributed by atoms with van der Waals surface area (Å²) in [5, 5.41) is 7.01. The summed E-state index contributed by atoms with van der Waals surface area (Å²) in [7, 11) is 0. The Morgan fingerprint density at radius 1 is 1.11 bits per heavy atom. The monoisotopic (exact) mass is 254 g/mol. The fourth-order valence-electron chi connectivity index (χ4n) is 3.64. The van der Waals surface area contributed by atoms with E-state index in [0.717, 1.165) is 11.4 Å². The van der Waals surface area contributed by atoms with Crippen LogP contribution in [-0.4, -0.2) is 39.7 Å². The lowest BCUT2D eigenvalue weighted by Crippen LogP contribution is -2.36. The predicted molar refractivity (Wildman–Crippen MR) is 73.8 cm³/mol. The number of aromatic nitrogens is 3. The van der Waals surface area contributed by atoms with Gasteiger partial charge in [0.25, 0.3) is 0 Å². The van der Waals surface area contributed by atoms with Crippen LogP contribution in [0.25, 0.3) is 11.4 Å². The molecule has 4 heteroatoms. The molecule has 4 nitrogen and oxygen atoms in total. The van der Waals surface area contributed by atoms with Gasteiger partial charge in [0.15, 0.2) is 0 Å². The van der Waals surface area contributed by atoms with Gasteiger partial charge < -0.3 is 4.90 Å². The van der Waals surface area contributed by atoms with Crippen molar-refractivity contribution < 1.29 is 0 Å². The van der Waals surface area contributed by atoms with E-state index in [9.17, 15) is 0 Å². The van der Waals surface area contributed by atoms with E-state index in [2.05, 4.69) is 38.4 Å². The summed E-state index contributed by atoms with van der Waals surface area (Å²) in [6.07, 6.45) is 7.82. The fraction of sp³-hybridized carbons (Fsp3) is 0.467. The highest BCUT2D eigenvalue weighted by molar-refractivity contribution is 5.53. The molecule has 4 heterocycles. The molecular weight excluding hydrogens is 236 g/mol. The number of nitrogens with zero attached hydrogens (tertiary/aromatic N) is 3. The Morgan fingerprint density at radius 2 is 2.11 bits per heavy atom. The summed E-state index contributed by atoms with van der Waals surface area (Å²) >= 11 is 0. The van der Waals surface area contributed by atoms with Gasteiger partial charge in [-0.15, -0.1) is 0 Å². The molecule has 2 atom stereocenters. The van der Waals surface area contributed by atoms with Gasteiger partial charge in [-0.25, -0.2) is 0 Å². The van der Waals surface area contributed by atoms with E-state index >= 15 is 0 Å². The molecule has 0 amide bonds. The van der Waals surface area contributed by atoms with E-state index < -0.39 is 0 Å². The first-order valence-corrected chi connectivity index (χ1v) is 7.05. The van der Waals surface area contributed by atoms with Crippen molar-refractivity contribution in [1.82, 2.24) is 20.1 Å². The number of aromatic amines is 1. The molecule has 4 rings (SSSR count). The standard InChI is InChI=1S/C15H18N4/c1-5-15(6-9-19(8-1)11-15)12-2-3-13(16-10-12)14-4-7-17-18-14/h2-4,7,10H,1,5-6,8-9,11H2,(H,17,18). The zero-order valence-electron chi connectivity index (χ0n) is 11.0. The van der Waals surface area contributed by atoms with Gasteiger partial charge in [-0.3, -0.25) is 10.1 Å². The van der Waals surface area contributed by atoms with Crippen molar-refractivity contribution in [2.45, 2.75) is 24.7 Å². The molecule has 2 aliphatic rings. The van der Waals surface area contributed by atoms with E-state index in [4.69, 9.17) is 0 Å². The lowest BCUT2D eigenvalue weighted by Gasteiger charge is -2.34. The Kier molecular flexibility index (Phi) is 2.45. The molecule has 0 saturated carbocycles. The second kappa shape index (κ2) is 4.17. The summed E-state index contributed by atoms with van der Waals surface area (Å²) in [4.78, 5) is 7.20. The van der Waals surface area contributed by atoms with Crippen LogP contribution in [0.4, 0.5) is 0 Å². The molecule has 2 saturated heterocycles. The van der Waals surface area contributed by atoms with Gasteiger partial charge in [0, 0.05) is 24.4 Å². The van der Waals surface area contributed by atoms with Crippen LogP contribution in [-0.2, 0) is 5.41 Å². The minimum atomic E-state index is 0.370. The van der Waals surface area contributed by atoms with E-state index in [1.807, 2.05) is 12.3 Å². The van der Waals surface area contributed by atoms with Crippen LogP contribution in [0.2, 0.25) is 0 Å². The molecule has 2 aromatic rings. The van der Waals surface area contributed by atoms with Gasteiger partial charge >= 0.3 is 0 Å². The van der Waals surface area contributed by atoms with Gasteiger partial charge in [-0.2, -0.15) is 5.10 Å². The summed E-state index contributed by atoms with van der Waals surface area (Å²) in [5.41, 5.74) is 3.65. The average molecular weight is 254 g/mol. The summed E-state index contributed by atoms with van der Waals surface area (Å²) < 4.78 is 0. The SMILES string of the molecule is c1cc(-c2ccc(C34CCCN(CC3)C4)cn2)n[nH]1. The molecular formula is C15H18N4. The number of fused-ring (bicyclic) bond motifs is 2. The number of pyridine rings is 1. The molecule has 1 N–H and O–H groups in total. The number of hydrogen-bond donors (Lipinski definition) is 1. The Morgan fingerprint density at radius 3 is 2.89 bits per heavy atom. The minimum Gasteiger partial charge on any atom is -0.302 e. The maximum atomic E-state index is 4.61. The molecule has 19 heavy (non-hydrogen) atoms. The minimum absolute atomic E-state index is 0.370. The molecule has 0 aliphatic carbocycles. The third-order valence-corrected chi connectivity index (χ3v) is 4.70. The number of H-pyrrole nitrogens is 1. The van der Waals surface area contributed by atoms with Gasteiger partial charge in [-0.05, 0) is 50.0 Å². The third-order valence-electron chi connectivity index (χ3n) is 4.70. The molecule has 0 spiro atoms. The second-order valence-electron chi connectivity index (χ2n) is 5.80. The van der Waals surface area contributed by atoms with Crippen molar-refractivity contribution in [2.24, 2.45) is 0 Å².